The molecule has 0 aromatic carbocycles. The Morgan fingerprint density at radius 2 is 1.85 bits per heavy atom. The van der Waals surface area contributed by atoms with Gasteiger partial charge in [0, 0.05) is 12.1 Å². The second-order valence-electron chi connectivity index (χ2n) is 6.39. The molecule has 2 fully saturated rings. The van der Waals surface area contributed by atoms with Gasteiger partial charge in [0.15, 0.2) is 0 Å². The molecule has 1 amide bonds. The average molecular weight is 282 g/mol. The lowest BCUT2D eigenvalue weighted by molar-refractivity contribution is -0.137. The molecule has 116 valence electrons. The van der Waals surface area contributed by atoms with Gasteiger partial charge in [-0.3, -0.25) is 4.79 Å². The first-order valence-corrected chi connectivity index (χ1v) is 8.36. The van der Waals surface area contributed by atoms with E-state index >= 15 is 0 Å². The van der Waals surface area contributed by atoms with Crippen LogP contribution in [0.1, 0.15) is 65.2 Å². The van der Waals surface area contributed by atoms with Gasteiger partial charge < -0.3 is 15.4 Å². The van der Waals surface area contributed by atoms with Crippen molar-refractivity contribution < 1.29 is 9.53 Å². The van der Waals surface area contributed by atoms with E-state index in [-0.39, 0.29) is 24.2 Å². The third-order valence-corrected chi connectivity index (χ3v) is 4.66. The van der Waals surface area contributed by atoms with Gasteiger partial charge >= 0.3 is 0 Å². The summed E-state index contributed by atoms with van der Waals surface area (Å²) in [7, 11) is 0. The summed E-state index contributed by atoms with van der Waals surface area (Å²) in [4.78, 5) is 12.3. The van der Waals surface area contributed by atoms with E-state index in [0.29, 0.717) is 6.04 Å². The quantitative estimate of drug-likeness (QED) is 0.778. The number of piperidine rings is 1. The van der Waals surface area contributed by atoms with Crippen LogP contribution in [0.15, 0.2) is 0 Å². The van der Waals surface area contributed by atoms with Crippen molar-refractivity contribution in [1.82, 2.24) is 10.6 Å². The largest absolute Gasteiger partial charge is 0.365 e. The minimum atomic E-state index is -0.327. The number of hydrogen-bond acceptors (Lipinski definition) is 3. The Labute approximate surface area is 123 Å². The zero-order valence-corrected chi connectivity index (χ0v) is 13.0. The summed E-state index contributed by atoms with van der Waals surface area (Å²) < 4.78 is 5.98. The maximum Gasteiger partial charge on any atom is 0.249 e. The van der Waals surface area contributed by atoms with E-state index in [0.717, 1.165) is 32.2 Å². The van der Waals surface area contributed by atoms with Crippen LogP contribution in [-0.2, 0) is 9.53 Å². The second kappa shape index (κ2) is 7.99. The van der Waals surface area contributed by atoms with E-state index in [4.69, 9.17) is 4.74 Å². The van der Waals surface area contributed by atoms with Crippen molar-refractivity contribution in [2.45, 2.75) is 89.5 Å². The number of ether oxygens (including phenoxy) is 1. The summed E-state index contributed by atoms with van der Waals surface area (Å²) in [6, 6.07) is 0.606. The van der Waals surface area contributed by atoms with Gasteiger partial charge in [-0.2, -0.15) is 0 Å². The fourth-order valence-electron chi connectivity index (χ4n) is 3.27. The molecule has 1 aliphatic carbocycles. The van der Waals surface area contributed by atoms with Gasteiger partial charge in [0.2, 0.25) is 5.91 Å². The monoisotopic (exact) mass is 282 g/mol. The lowest BCUT2D eigenvalue weighted by Gasteiger charge is -2.32. The van der Waals surface area contributed by atoms with Crippen molar-refractivity contribution >= 4 is 5.91 Å². The first-order chi connectivity index (χ1) is 9.66. The van der Waals surface area contributed by atoms with Crippen LogP contribution < -0.4 is 10.6 Å². The van der Waals surface area contributed by atoms with Crippen LogP contribution >= 0.6 is 0 Å². The number of amides is 1. The number of nitrogens with one attached hydrogen (secondary N) is 2. The highest BCUT2D eigenvalue weighted by Crippen LogP contribution is 2.21. The summed E-state index contributed by atoms with van der Waals surface area (Å²) >= 11 is 0. The highest BCUT2D eigenvalue weighted by molar-refractivity contribution is 5.80. The van der Waals surface area contributed by atoms with E-state index in [2.05, 4.69) is 17.6 Å². The molecule has 3 unspecified atom stereocenters. The van der Waals surface area contributed by atoms with Crippen LogP contribution in [0.3, 0.4) is 0 Å². The molecule has 1 saturated heterocycles. The molecule has 3 atom stereocenters. The highest BCUT2D eigenvalue weighted by Gasteiger charge is 2.26. The molecule has 2 N–H and O–H groups in total. The molecule has 0 bridgehead atoms. The Bertz CT molecular complexity index is 301. The number of rotatable bonds is 4. The number of hydrogen-bond donors (Lipinski definition) is 2. The van der Waals surface area contributed by atoms with Gasteiger partial charge in [-0.25, -0.2) is 0 Å². The van der Waals surface area contributed by atoms with Crippen molar-refractivity contribution in [1.29, 1.82) is 0 Å². The van der Waals surface area contributed by atoms with E-state index < -0.39 is 0 Å². The molecule has 0 spiro atoms. The third-order valence-electron chi connectivity index (χ3n) is 4.66. The number of carbonyl (C=O) groups excluding carboxylic acids is 1. The SMILES string of the molecule is CC(OC1CCCCCC1)C(=O)NC1CCCNC1C. The molecule has 1 heterocycles. The molecule has 2 aliphatic rings. The lowest BCUT2D eigenvalue weighted by atomic mass is 10.00. The maximum absolute atomic E-state index is 12.3. The molecule has 4 nitrogen and oxygen atoms in total. The fraction of sp³-hybridized carbons (Fsp3) is 0.938. The predicted molar refractivity (Wildman–Crippen MR) is 80.7 cm³/mol. The van der Waals surface area contributed by atoms with Crippen LogP contribution in [0.2, 0.25) is 0 Å². The van der Waals surface area contributed by atoms with E-state index in [1.165, 1.54) is 25.7 Å². The van der Waals surface area contributed by atoms with Crippen molar-refractivity contribution in [3.8, 4) is 0 Å². The average Bonchev–Trinajstić information content (AvgIpc) is 2.70. The van der Waals surface area contributed by atoms with Crippen LogP contribution in [-0.4, -0.2) is 36.7 Å². The minimum absolute atomic E-state index is 0.0507. The molecule has 1 aliphatic heterocycles. The molecule has 0 aromatic heterocycles. The van der Waals surface area contributed by atoms with Gasteiger partial charge in [-0.05, 0) is 46.1 Å². The third kappa shape index (κ3) is 4.74. The van der Waals surface area contributed by atoms with Gasteiger partial charge in [-0.1, -0.05) is 25.7 Å². The van der Waals surface area contributed by atoms with Crippen LogP contribution in [0.5, 0.6) is 0 Å². The Morgan fingerprint density at radius 1 is 1.15 bits per heavy atom. The molecular formula is C16H30N2O2. The zero-order valence-electron chi connectivity index (χ0n) is 13.0. The Morgan fingerprint density at radius 3 is 2.50 bits per heavy atom. The highest BCUT2D eigenvalue weighted by atomic mass is 16.5. The van der Waals surface area contributed by atoms with Crippen molar-refractivity contribution in [2.24, 2.45) is 0 Å². The summed E-state index contributed by atoms with van der Waals surface area (Å²) in [5, 5.41) is 6.56. The van der Waals surface area contributed by atoms with Gasteiger partial charge in [0.25, 0.3) is 0 Å². The van der Waals surface area contributed by atoms with Gasteiger partial charge in [0.05, 0.1) is 6.10 Å². The molecular weight excluding hydrogens is 252 g/mol. The smallest absolute Gasteiger partial charge is 0.249 e. The lowest BCUT2D eigenvalue weighted by Crippen LogP contribution is -2.54. The molecule has 4 heteroatoms. The van der Waals surface area contributed by atoms with Crippen LogP contribution in [0, 0.1) is 0 Å². The van der Waals surface area contributed by atoms with E-state index in [1.807, 2.05) is 6.92 Å². The molecule has 20 heavy (non-hydrogen) atoms. The van der Waals surface area contributed by atoms with E-state index in [9.17, 15) is 4.79 Å². The first kappa shape index (κ1) is 15.8. The van der Waals surface area contributed by atoms with E-state index in [1.54, 1.807) is 0 Å². The molecule has 0 aromatic rings. The van der Waals surface area contributed by atoms with Crippen molar-refractivity contribution in [3.05, 3.63) is 0 Å². The van der Waals surface area contributed by atoms with Crippen LogP contribution in [0.25, 0.3) is 0 Å². The summed E-state index contributed by atoms with van der Waals surface area (Å²) in [6.07, 6.45) is 9.47. The molecule has 1 saturated carbocycles. The normalized spacial score (nSPS) is 30.5. The first-order valence-electron chi connectivity index (χ1n) is 8.36. The predicted octanol–water partition coefficient (Wildman–Crippen LogP) is 2.37. The maximum atomic E-state index is 12.3. The standard InChI is InChI=1S/C16H30N2O2/c1-12-15(10-7-11-17-12)18-16(19)13(2)20-14-8-5-3-4-6-9-14/h12-15,17H,3-11H2,1-2H3,(H,18,19). The number of carbonyl (C=O) groups is 1. The Kier molecular flexibility index (Phi) is 6.30. The molecule has 2 rings (SSSR count). The van der Waals surface area contributed by atoms with Crippen LogP contribution in [0.4, 0.5) is 0 Å². The summed E-state index contributed by atoms with van der Waals surface area (Å²) in [5.41, 5.74) is 0. The second-order valence-corrected chi connectivity index (χ2v) is 6.39. The Hall–Kier alpha value is -0.610. The fourth-order valence-corrected chi connectivity index (χ4v) is 3.27. The van der Waals surface area contributed by atoms with Gasteiger partial charge in [0.1, 0.15) is 6.10 Å². The minimum Gasteiger partial charge on any atom is -0.365 e. The van der Waals surface area contributed by atoms with Crippen molar-refractivity contribution in [2.75, 3.05) is 6.54 Å². The Balaban J connectivity index is 1.75. The topological polar surface area (TPSA) is 50.4 Å². The summed E-state index contributed by atoms with van der Waals surface area (Å²) in [6.45, 7) is 5.09. The molecule has 0 radical (unpaired) electrons. The summed E-state index contributed by atoms with van der Waals surface area (Å²) in [5.74, 6) is 0.0507. The van der Waals surface area contributed by atoms with Gasteiger partial charge in [-0.15, -0.1) is 0 Å². The zero-order chi connectivity index (χ0) is 14.4. The van der Waals surface area contributed by atoms with Crippen molar-refractivity contribution in [3.63, 3.8) is 0 Å².